The number of nitrogens with zero attached hydrogens (tertiary/aromatic N) is 3. The van der Waals surface area contributed by atoms with E-state index in [9.17, 15) is 13.2 Å². The number of nitrogens with one attached hydrogen (secondary N) is 1. The molecule has 0 saturated heterocycles. The minimum atomic E-state index is -3.98. The van der Waals surface area contributed by atoms with E-state index in [-0.39, 0.29) is 10.8 Å². The molecule has 0 fully saturated rings. The third-order valence-electron chi connectivity index (χ3n) is 3.36. The van der Waals surface area contributed by atoms with E-state index >= 15 is 0 Å². The van der Waals surface area contributed by atoms with Crippen molar-refractivity contribution in [2.45, 2.75) is 31.7 Å². The van der Waals surface area contributed by atoms with E-state index in [1.165, 1.54) is 12.3 Å². The fourth-order valence-electron chi connectivity index (χ4n) is 2.14. The first-order valence-corrected chi connectivity index (χ1v) is 8.16. The van der Waals surface area contributed by atoms with Crippen molar-refractivity contribution in [3.05, 3.63) is 18.0 Å². The number of carboxylic acids is 1. The van der Waals surface area contributed by atoms with E-state index in [1.54, 1.807) is 32.5 Å². The summed E-state index contributed by atoms with van der Waals surface area (Å²) in [5.41, 5.74) is 1.22. The van der Waals surface area contributed by atoms with Crippen LogP contribution in [0.4, 0.5) is 0 Å². The highest BCUT2D eigenvalue weighted by molar-refractivity contribution is 7.89. The second-order valence-electron chi connectivity index (χ2n) is 5.43. The lowest BCUT2D eigenvalue weighted by molar-refractivity contribution is -0.140. The Bertz CT molecular complexity index is 826. The molecule has 0 aliphatic carbocycles. The summed E-state index contributed by atoms with van der Waals surface area (Å²) in [6.07, 6.45) is 1.20. The summed E-state index contributed by atoms with van der Waals surface area (Å²) < 4.78 is 28.5. The summed E-state index contributed by atoms with van der Waals surface area (Å²) in [6, 6.07) is 0.252. The lowest BCUT2D eigenvalue weighted by atomic mass is 10.1. The zero-order valence-corrected chi connectivity index (χ0v) is 13.5. The molecule has 1 unspecified atom stereocenters. The van der Waals surface area contributed by atoms with Gasteiger partial charge in [0, 0.05) is 18.6 Å². The van der Waals surface area contributed by atoms with Crippen molar-refractivity contribution in [2.75, 3.05) is 0 Å². The Hall–Kier alpha value is -2.00. The van der Waals surface area contributed by atoms with Gasteiger partial charge in [0.05, 0.1) is 5.69 Å². The second kappa shape index (κ2) is 5.65. The van der Waals surface area contributed by atoms with E-state index in [2.05, 4.69) is 14.8 Å². The molecule has 0 amide bonds. The van der Waals surface area contributed by atoms with Crippen molar-refractivity contribution >= 4 is 27.0 Å². The number of rotatable bonds is 5. The van der Waals surface area contributed by atoms with Crippen LogP contribution in [0.15, 0.2) is 17.2 Å². The Labute approximate surface area is 128 Å². The first-order chi connectivity index (χ1) is 10.1. The average molecular weight is 326 g/mol. The number of aryl methyl sites for hydroxylation is 2. The molecule has 120 valence electrons. The number of fused-ring (bicyclic) bond motifs is 1. The molecular formula is C13H18N4O4S. The van der Waals surface area contributed by atoms with Gasteiger partial charge in [0.1, 0.15) is 10.9 Å². The number of aliphatic carboxylic acids is 1. The summed E-state index contributed by atoms with van der Waals surface area (Å²) in [6.45, 7) is 5.02. The van der Waals surface area contributed by atoms with Gasteiger partial charge < -0.3 is 5.11 Å². The van der Waals surface area contributed by atoms with E-state index in [1.807, 2.05) is 0 Å². The lowest BCUT2D eigenvalue weighted by Crippen LogP contribution is -2.44. The molecule has 2 aromatic rings. The third kappa shape index (κ3) is 2.95. The van der Waals surface area contributed by atoms with E-state index in [0.29, 0.717) is 16.7 Å². The molecule has 22 heavy (non-hydrogen) atoms. The number of carboxylic acid groups (broad SMARTS) is 1. The van der Waals surface area contributed by atoms with Crippen molar-refractivity contribution < 1.29 is 18.3 Å². The van der Waals surface area contributed by atoms with Crippen LogP contribution in [0.5, 0.6) is 0 Å². The second-order valence-corrected chi connectivity index (χ2v) is 7.15. The minimum Gasteiger partial charge on any atom is -0.480 e. The van der Waals surface area contributed by atoms with Gasteiger partial charge in [-0.25, -0.2) is 13.4 Å². The maximum atomic E-state index is 12.4. The molecule has 8 nitrogen and oxygen atoms in total. The van der Waals surface area contributed by atoms with Crippen molar-refractivity contribution in [2.24, 2.45) is 13.0 Å². The molecule has 0 aliphatic rings. The highest BCUT2D eigenvalue weighted by atomic mass is 32.2. The molecule has 0 saturated carbocycles. The molecule has 2 N–H and O–H groups in total. The molecule has 0 radical (unpaired) electrons. The fraction of sp³-hybridized carbons (Fsp3) is 0.462. The number of hydrogen-bond donors (Lipinski definition) is 2. The number of aromatic nitrogens is 3. The highest BCUT2D eigenvalue weighted by Crippen LogP contribution is 2.20. The fourth-order valence-corrected chi connectivity index (χ4v) is 3.45. The van der Waals surface area contributed by atoms with Crippen LogP contribution in [0, 0.1) is 12.8 Å². The summed E-state index contributed by atoms with van der Waals surface area (Å²) in [7, 11) is -2.26. The third-order valence-corrected chi connectivity index (χ3v) is 4.77. The largest absolute Gasteiger partial charge is 0.480 e. The number of pyridine rings is 1. The Balaban J connectivity index is 2.45. The van der Waals surface area contributed by atoms with Gasteiger partial charge in [0.25, 0.3) is 0 Å². The smallest absolute Gasteiger partial charge is 0.322 e. The monoisotopic (exact) mass is 326 g/mol. The number of hydrogen-bond acceptors (Lipinski definition) is 5. The maximum absolute atomic E-state index is 12.4. The lowest BCUT2D eigenvalue weighted by Gasteiger charge is -2.17. The predicted octanol–water partition coefficient (Wildman–Crippen LogP) is 0.664. The van der Waals surface area contributed by atoms with E-state index in [0.717, 1.165) is 0 Å². The van der Waals surface area contributed by atoms with E-state index < -0.39 is 22.0 Å². The van der Waals surface area contributed by atoms with Crippen LogP contribution in [0.2, 0.25) is 0 Å². The minimum absolute atomic E-state index is 0.0806. The first-order valence-electron chi connectivity index (χ1n) is 6.68. The number of carbonyl (C=O) groups is 1. The van der Waals surface area contributed by atoms with Crippen LogP contribution in [-0.2, 0) is 21.9 Å². The number of sulfonamides is 1. The van der Waals surface area contributed by atoms with Gasteiger partial charge in [0.2, 0.25) is 10.0 Å². The Morgan fingerprint density at radius 1 is 1.41 bits per heavy atom. The van der Waals surface area contributed by atoms with Crippen LogP contribution in [0.1, 0.15) is 19.5 Å². The quantitative estimate of drug-likeness (QED) is 0.834. The van der Waals surface area contributed by atoms with Crippen LogP contribution >= 0.6 is 0 Å². The Morgan fingerprint density at radius 2 is 2.05 bits per heavy atom. The maximum Gasteiger partial charge on any atom is 0.322 e. The molecule has 0 aliphatic heterocycles. The summed E-state index contributed by atoms with van der Waals surface area (Å²) in [4.78, 5) is 15.2. The highest BCUT2D eigenvalue weighted by Gasteiger charge is 2.28. The average Bonchev–Trinajstić information content (AvgIpc) is 2.70. The summed E-state index contributed by atoms with van der Waals surface area (Å²) >= 11 is 0. The molecule has 1 atom stereocenters. The molecule has 9 heteroatoms. The van der Waals surface area contributed by atoms with Crippen molar-refractivity contribution in [3.63, 3.8) is 0 Å². The zero-order chi connectivity index (χ0) is 16.7. The Morgan fingerprint density at radius 3 is 2.59 bits per heavy atom. The van der Waals surface area contributed by atoms with Gasteiger partial charge in [-0.1, -0.05) is 13.8 Å². The van der Waals surface area contributed by atoms with Crippen LogP contribution in [-0.4, -0.2) is 40.3 Å². The molecule has 0 spiro atoms. The zero-order valence-electron chi connectivity index (χ0n) is 12.7. The standard InChI is InChI=1S/C13H18N4O4S/c1-7(2)11(13(18)19)16-22(20,21)9-5-10-8(3)15-17(4)12(10)14-6-9/h5-7,11,16H,1-4H3,(H,18,19). The van der Waals surface area contributed by atoms with Gasteiger partial charge in [-0.2, -0.15) is 9.82 Å². The molecule has 0 bridgehead atoms. The summed E-state index contributed by atoms with van der Waals surface area (Å²) in [5, 5.41) is 13.9. The van der Waals surface area contributed by atoms with Crippen molar-refractivity contribution in [3.8, 4) is 0 Å². The predicted molar refractivity (Wildman–Crippen MR) is 79.8 cm³/mol. The topological polar surface area (TPSA) is 114 Å². The van der Waals surface area contributed by atoms with Gasteiger partial charge >= 0.3 is 5.97 Å². The SMILES string of the molecule is Cc1nn(C)c2ncc(S(=O)(=O)NC(C(=O)O)C(C)C)cc12. The molecule has 0 aromatic carbocycles. The first kappa shape index (κ1) is 16.4. The molecule has 2 aromatic heterocycles. The van der Waals surface area contributed by atoms with Gasteiger partial charge in [-0.05, 0) is 18.9 Å². The van der Waals surface area contributed by atoms with Crippen LogP contribution in [0.25, 0.3) is 11.0 Å². The van der Waals surface area contributed by atoms with Gasteiger partial charge in [-0.3, -0.25) is 9.48 Å². The van der Waals surface area contributed by atoms with Gasteiger partial charge in [0.15, 0.2) is 5.65 Å². The molecule has 2 heterocycles. The van der Waals surface area contributed by atoms with Crippen molar-refractivity contribution in [1.82, 2.24) is 19.5 Å². The summed E-state index contributed by atoms with van der Waals surface area (Å²) in [5.74, 6) is -1.60. The normalized spacial score (nSPS) is 13.7. The van der Waals surface area contributed by atoms with Crippen LogP contribution < -0.4 is 4.72 Å². The van der Waals surface area contributed by atoms with Gasteiger partial charge in [-0.15, -0.1) is 0 Å². The molecular weight excluding hydrogens is 308 g/mol. The van der Waals surface area contributed by atoms with E-state index in [4.69, 9.17) is 5.11 Å². The molecule has 2 rings (SSSR count). The van der Waals surface area contributed by atoms with Crippen LogP contribution in [0.3, 0.4) is 0 Å². The van der Waals surface area contributed by atoms with Crippen molar-refractivity contribution in [1.29, 1.82) is 0 Å². The Kier molecular flexibility index (Phi) is 4.21.